The lowest BCUT2D eigenvalue weighted by molar-refractivity contribution is -0.384. The van der Waals surface area contributed by atoms with E-state index in [1.807, 2.05) is 45.0 Å². The van der Waals surface area contributed by atoms with Crippen LogP contribution in [-0.4, -0.2) is 62.8 Å². The normalized spacial score (nSPS) is 13.9. The topological polar surface area (TPSA) is 184 Å². The second-order valence-electron chi connectivity index (χ2n) is 12.7. The van der Waals surface area contributed by atoms with E-state index >= 15 is 0 Å². The number of rotatable bonds is 9. The molecule has 0 atom stereocenters. The fourth-order valence-corrected chi connectivity index (χ4v) is 6.33. The molecule has 2 aromatic heterocycles. The monoisotopic (exact) mass is 717 g/mol. The van der Waals surface area contributed by atoms with Gasteiger partial charge in [-0.15, -0.1) is 0 Å². The number of amides is 4. The number of anilines is 5. The number of non-ortho nitro benzene ring substituents is 1. The Morgan fingerprint density at radius 1 is 0.887 bits per heavy atom. The molecular formula is C38H39N9O6. The van der Waals surface area contributed by atoms with Gasteiger partial charge in [-0.1, -0.05) is 18.2 Å². The zero-order valence-electron chi connectivity index (χ0n) is 29.6. The minimum absolute atomic E-state index is 0.0206. The first-order chi connectivity index (χ1) is 25.5. The van der Waals surface area contributed by atoms with Crippen LogP contribution in [0.3, 0.4) is 0 Å². The number of aryl methyl sites for hydroxylation is 2. The number of benzene rings is 3. The molecule has 3 N–H and O–H groups in total. The minimum atomic E-state index is -0.454. The number of hydrogen-bond acceptors (Lipinski definition) is 9. The Balaban J connectivity index is 0.000000267. The van der Waals surface area contributed by atoms with Gasteiger partial charge in [0.25, 0.3) is 17.5 Å². The van der Waals surface area contributed by atoms with Crippen LogP contribution < -0.4 is 25.8 Å². The standard InChI is InChI=1S/C28H29N7O3.C10H10N2O3/c1-4-29-28(38)22-15-35-25(18(22)3)26(30-16-31-35)33-23-13-19(11-10-17(23)2)27(37)32-20-7-5-8-21(14-20)34-12-6-9-24(34)36;13-10-5-2-6-11(10)8-3-1-4-9(7-8)12(14)15/h5,7-8,10-11,13-16H,4,6,9,12H2,1-3H3,(H,29,38)(H,32,37)(H,30,31,33);1,3-4,7H,2,5-6H2. The summed E-state index contributed by atoms with van der Waals surface area (Å²) in [5.74, 6) is 0.211. The molecule has 0 unspecified atom stereocenters. The summed E-state index contributed by atoms with van der Waals surface area (Å²) in [7, 11) is 0. The number of nitro benzene ring substituents is 1. The Morgan fingerprint density at radius 2 is 1.57 bits per heavy atom. The molecule has 0 saturated carbocycles. The highest BCUT2D eigenvalue weighted by atomic mass is 16.6. The van der Waals surface area contributed by atoms with Gasteiger partial charge in [0.15, 0.2) is 5.82 Å². The van der Waals surface area contributed by atoms with E-state index in [1.54, 1.807) is 50.8 Å². The third kappa shape index (κ3) is 7.98. The molecule has 0 aliphatic carbocycles. The number of nitrogens with zero attached hydrogens (tertiary/aromatic N) is 6. The minimum Gasteiger partial charge on any atom is -0.352 e. The number of aromatic nitrogens is 3. The molecule has 2 fully saturated rings. The highest BCUT2D eigenvalue weighted by Crippen LogP contribution is 2.29. The largest absolute Gasteiger partial charge is 0.352 e. The van der Waals surface area contributed by atoms with E-state index in [1.165, 1.54) is 18.5 Å². The van der Waals surface area contributed by atoms with E-state index in [4.69, 9.17) is 0 Å². The van der Waals surface area contributed by atoms with Crippen LogP contribution in [0.5, 0.6) is 0 Å². The van der Waals surface area contributed by atoms with E-state index in [-0.39, 0.29) is 29.3 Å². The fraction of sp³-hybridized carbons (Fsp3) is 0.263. The van der Waals surface area contributed by atoms with Gasteiger partial charge in [0.1, 0.15) is 11.8 Å². The van der Waals surface area contributed by atoms with Crippen molar-refractivity contribution in [3.8, 4) is 0 Å². The maximum atomic E-state index is 13.1. The molecule has 2 aliphatic heterocycles. The molecule has 0 bridgehead atoms. The van der Waals surface area contributed by atoms with Gasteiger partial charge < -0.3 is 25.8 Å². The van der Waals surface area contributed by atoms with Gasteiger partial charge in [-0.3, -0.25) is 29.3 Å². The number of nitrogens with one attached hydrogen (secondary N) is 3. The van der Waals surface area contributed by atoms with Crippen LogP contribution in [0.4, 0.5) is 34.3 Å². The molecule has 2 saturated heterocycles. The van der Waals surface area contributed by atoms with Gasteiger partial charge in [-0.2, -0.15) is 5.10 Å². The van der Waals surface area contributed by atoms with Crippen LogP contribution in [0.1, 0.15) is 64.4 Å². The van der Waals surface area contributed by atoms with Crippen molar-refractivity contribution in [3.63, 3.8) is 0 Å². The maximum absolute atomic E-state index is 13.1. The van der Waals surface area contributed by atoms with Gasteiger partial charge in [0, 0.05) is 73.4 Å². The van der Waals surface area contributed by atoms with Gasteiger partial charge in [0.2, 0.25) is 11.8 Å². The van der Waals surface area contributed by atoms with Crippen LogP contribution in [0, 0.1) is 24.0 Å². The Bertz CT molecular complexity index is 2230. The first-order valence-corrected chi connectivity index (χ1v) is 17.3. The van der Waals surface area contributed by atoms with Crippen molar-refractivity contribution < 1.29 is 24.1 Å². The van der Waals surface area contributed by atoms with Gasteiger partial charge >= 0.3 is 0 Å². The molecule has 5 aromatic rings. The summed E-state index contributed by atoms with van der Waals surface area (Å²) in [4.78, 5) is 67.0. The molecule has 2 aliphatic rings. The van der Waals surface area contributed by atoms with Crippen molar-refractivity contribution in [3.05, 3.63) is 112 Å². The van der Waals surface area contributed by atoms with E-state index < -0.39 is 4.92 Å². The molecule has 53 heavy (non-hydrogen) atoms. The van der Waals surface area contributed by atoms with Gasteiger partial charge in [0.05, 0.1) is 16.2 Å². The predicted octanol–water partition coefficient (Wildman–Crippen LogP) is 5.94. The SMILES string of the molecule is CCNC(=O)c1cn2ncnc(Nc3cc(C(=O)Nc4cccc(N5CCCC5=O)c4)ccc3C)c2c1C.O=C1CCCN1c1cccc([N+](=O)[O-])c1. The van der Waals surface area contributed by atoms with Crippen molar-refractivity contribution in [2.45, 2.75) is 46.5 Å². The van der Waals surface area contributed by atoms with Crippen molar-refractivity contribution in [2.24, 2.45) is 0 Å². The number of carbonyl (C=O) groups is 4. The van der Waals surface area contributed by atoms with Crippen LogP contribution >= 0.6 is 0 Å². The zero-order valence-corrected chi connectivity index (χ0v) is 29.6. The predicted molar refractivity (Wildman–Crippen MR) is 201 cm³/mol. The molecule has 7 rings (SSSR count). The van der Waals surface area contributed by atoms with E-state index in [2.05, 4.69) is 26.0 Å². The summed E-state index contributed by atoms with van der Waals surface area (Å²) in [6.45, 7) is 7.52. The van der Waals surface area contributed by atoms with Crippen LogP contribution in [-0.2, 0) is 9.59 Å². The lowest BCUT2D eigenvalue weighted by Gasteiger charge is -2.17. The summed E-state index contributed by atoms with van der Waals surface area (Å²) in [5, 5.41) is 23.9. The number of carbonyl (C=O) groups excluding carboxylic acids is 4. The number of fused-ring (bicyclic) bond motifs is 1. The quantitative estimate of drug-likeness (QED) is 0.123. The zero-order chi connectivity index (χ0) is 37.6. The number of nitro groups is 1. The third-order valence-electron chi connectivity index (χ3n) is 9.08. The van der Waals surface area contributed by atoms with Crippen molar-refractivity contribution in [2.75, 3.05) is 40.1 Å². The third-order valence-corrected chi connectivity index (χ3v) is 9.08. The molecule has 0 spiro atoms. The Hall–Kier alpha value is -6.64. The smallest absolute Gasteiger partial charge is 0.271 e. The lowest BCUT2D eigenvalue weighted by atomic mass is 10.1. The van der Waals surface area contributed by atoms with Crippen molar-refractivity contribution in [1.82, 2.24) is 19.9 Å². The molecule has 272 valence electrons. The summed E-state index contributed by atoms with van der Waals surface area (Å²) in [5.41, 5.74) is 6.06. The summed E-state index contributed by atoms with van der Waals surface area (Å²) in [6.07, 6.45) is 5.83. The molecular weight excluding hydrogens is 678 g/mol. The first kappa shape index (κ1) is 36.2. The number of hydrogen-bond donors (Lipinski definition) is 3. The molecule has 0 radical (unpaired) electrons. The van der Waals surface area contributed by atoms with Crippen LogP contribution in [0.25, 0.3) is 5.52 Å². The fourth-order valence-electron chi connectivity index (χ4n) is 6.33. The van der Waals surface area contributed by atoms with E-state index in [9.17, 15) is 29.3 Å². The second-order valence-corrected chi connectivity index (χ2v) is 12.7. The van der Waals surface area contributed by atoms with Crippen molar-refractivity contribution >= 4 is 63.4 Å². The average Bonchev–Trinajstić information content (AvgIpc) is 3.88. The van der Waals surface area contributed by atoms with E-state index in [0.29, 0.717) is 72.0 Å². The Labute approximate surface area is 305 Å². The van der Waals surface area contributed by atoms with Gasteiger partial charge in [-0.25, -0.2) is 9.50 Å². The van der Waals surface area contributed by atoms with Crippen LogP contribution in [0.15, 0.2) is 79.3 Å². The maximum Gasteiger partial charge on any atom is 0.271 e. The first-order valence-electron chi connectivity index (χ1n) is 17.3. The highest BCUT2D eigenvalue weighted by Gasteiger charge is 2.24. The summed E-state index contributed by atoms with van der Waals surface area (Å²) >= 11 is 0. The van der Waals surface area contributed by atoms with Crippen molar-refractivity contribution in [1.29, 1.82) is 0 Å². The highest BCUT2D eigenvalue weighted by molar-refractivity contribution is 6.06. The van der Waals surface area contributed by atoms with Crippen LogP contribution in [0.2, 0.25) is 0 Å². The van der Waals surface area contributed by atoms with E-state index in [0.717, 1.165) is 29.7 Å². The average molecular weight is 718 g/mol. The Kier molecular flexibility index (Phi) is 10.7. The summed E-state index contributed by atoms with van der Waals surface area (Å²) in [6, 6.07) is 18.9. The molecule has 4 heterocycles. The molecule has 3 aromatic carbocycles. The van der Waals surface area contributed by atoms with Gasteiger partial charge in [-0.05, 0) is 81.1 Å². The summed E-state index contributed by atoms with van der Waals surface area (Å²) < 4.78 is 1.62. The molecule has 4 amide bonds. The lowest BCUT2D eigenvalue weighted by Crippen LogP contribution is -2.23. The molecule has 15 heteroatoms. The molecule has 15 nitrogen and oxygen atoms in total. The second kappa shape index (κ2) is 15.7. The Morgan fingerprint density at radius 3 is 2.21 bits per heavy atom.